The smallest absolute Gasteiger partial charge is 0.407 e. The van der Waals surface area contributed by atoms with Crippen molar-refractivity contribution in [2.75, 3.05) is 13.1 Å². The minimum atomic E-state index is -0.903. The lowest BCUT2D eigenvalue weighted by Gasteiger charge is -2.28. The third kappa shape index (κ3) is 2.11. The molecule has 5 nitrogen and oxygen atoms in total. The first-order valence-electron chi connectivity index (χ1n) is 3.81. The molecule has 1 aliphatic heterocycles. The molecule has 5 heteroatoms. The number of hydrogen-bond donors (Lipinski definition) is 1. The molecule has 1 amide bonds. The van der Waals surface area contributed by atoms with E-state index in [0.717, 1.165) is 0 Å². The Kier molecular flexibility index (Phi) is 2.90. The molecular weight excluding hydrogens is 162 g/mol. The number of carboxylic acid groups (broad SMARTS) is 1. The zero-order chi connectivity index (χ0) is 8.97. The number of piperidine rings is 1. The highest BCUT2D eigenvalue weighted by Crippen LogP contribution is 2.12. The predicted molar refractivity (Wildman–Crippen MR) is 39.8 cm³/mol. The Morgan fingerprint density at radius 3 is 2.50 bits per heavy atom. The summed E-state index contributed by atoms with van der Waals surface area (Å²) in [5, 5.41) is 8.57. The van der Waals surface area contributed by atoms with Gasteiger partial charge in [-0.3, -0.25) is 4.79 Å². The summed E-state index contributed by atoms with van der Waals surface area (Å²) in [5.41, 5.74) is 0. The zero-order valence-electron chi connectivity index (χ0n) is 6.60. The summed E-state index contributed by atoms with van der Waals surface area (Å²) in [4.78, 5) is 21.7. The van der Waals surface area contributed by atoms with Gasteiger partial charge >= 0.3 is 6.09 Å². The molecule has 0 atom stereocenters. The summed E-state index contributed by atoms with van der Waals surface area (Å²) in [7, 11) is 0. The quantitative estimate of drug-likeness (QED) is 0.610. The normalized spacial score (nSPS) is 18.8. The molecule has 1 heterocycles. The van der Waals surface area contributed by atoms with Crippen LogP contribution in [0, 0.1) is 0 Å². The maximum Gasteiger partial charge on any atom is 0.407 e. The third-order valence-electron chi connectivity index (χ3n) is 1.96. The number of likely N-dealkylation sites (tertiary alicyclic amines) is 1. The van der Waals surface area contributed by atoms with Gasteiger partial charge in [0.15, 0.2) is 0 Å². The van der Waals surface area contributed by atoms with Gasteiger partial charge in [-0.1, -0.05) is 0 Å². The molecule has 1 aliphatic rings. The Hall–Kier alpha value is -1.26. The highest BCUT2D eigenvalue weighted by atomic mass is 16.5. The van der Waals surface area contributed by atoms with Crippen LogP contribution in [-0.4, -0.2) is 41.8 Å². The number of rotatable bonds is 2. The van der Waals surface area contributed by atoms with Crippen LogP contribution < -0.4 is 0 Å². The maximum absolute atomic E-state index is 10.4. The van der Waals surface area contributed by atoms with Crippen molar-refractivity contribution in [3.8, 4) is 0 Å². The van der Waals surface area contributed by atoms with E-state index in [2.05, 4.69) is 0 Å². The van der Waals surface area contributed by atoms with Crippen molar-refractivity contribution in [2.24, 2.45) is 0 Å². The average molecular weight is 173 g/mol. The minimum absolute atomic E-state index is 0.0990. The number of carbonyl (C=O) groups excluding carboxylic acids is 1. The molecule has 0 aromatic rings. The van der Waals surface area contributed by atoms with Crippen molar-refractivity contribution >= 4 is 12.6 Å². The number of nitrogens with zero attached hydrogens (tertiary/aromatic N) is 1. The van der Waals surface area contributed by atoms with Gasteiger partial charge in [0.25, 0.3) is 6.47 Å². The molecule has 1 saturated heterocycles. The molecule has 0 unspecified atom stereocenters. The topological polar surface area (TPSA) is 66.8 Å². The van der Waals surface area contributed by atoms with Crippen LogP contribution in [0.1, 0.15) is 12.8 Å². The van der Waals surface area contributed by atoms with E-state index < -0.39 is 6.09 Å². The molecule has 0 bridgehead atoms. The van der Waals surface area contributed by atoms with Gasteiger partial charge in [-0.25, -0.2) is 4.79 Å². The van der Waals surface area contributed by atoms with Gasteiger partial charge in [-0.2, -0.15) is 0 Å². The SMILES string of the molecule is O=COC1CCN(C(=O)O)CC1. The molecule has 0 saturated carbocycles. The number of carbonyl (C=O) groups is 2. The standard InChI is InChI=1S/C7H11NO4/c9-5-12-6-1-3-8(4-2-6)7(10)11/h5-6H,1-4H2,(H,10,11). The molecule has 1 fully saturated rings. The molecule has 68 valence electrons. The van der Waals surface area contributed by atoms with E-state index in [9.17, 15) is 9.59 Å². The fraction of sp³-hybridized carbons (Fsp3) is 0.714. The Morgan fingerprint density at radius 2 is 2.08 bits per heavy atom. The van der Waals surface area contributed by atoms with Gasteiger partial charge in [0.2, 0.25) is 0 Å². The molecular formula is C7H11NO4. The van der Waals surface area contributed by atoms with Crippen LogP contribution in [0.3, 0.4) is 0 Å². The van der Waals surface area contributed by atoms with Crippen molar-refractivity contribution in [1.29, 1.82) is 0 Å². The van der Waals surface area contributed by atoms with Crippen molar-refractivity contribution in [3.63, 3.8) is 0 Å². The molecule has 0 radical (unpaired) electrons. The third-order valence-corrected chi connectivity index (χ3v) is 1.96. The fourth-order valence-corrected chi connectivity index (χ4v) is 1.26. The highest BCUT2D eigenvalue weighted by Gasteiger charge is 2.22. The molecule has 1 rings (SSSR count). The maximum atomic E-state index is 10.4. The van der Waals surface area contributed by atoms with E-state index in [1.54, 1.807) is 0 Å². The Bertz CT molecular complexity index is 174. The summed E-state index contributed by atoms with van der Waals surface area (Å²) < 4.78 is 4.71. The second kappa shape index (κ2) is 3.94. The van der Waals surface area contributed by atoms with Crippen LogP contribution in [0.4, 0.5) is 4.79 Å². The lowest BCUT2D eigenvalue weighted by atomic mass is 10.1. The summed E-state index contributed by atoms with van der Waals surface area (Å²) in [6.45, 7) is 1.32. The molecule has 12 heavy (non-hydrogen) atoms. The first-order chi connectivity index (χ1) is 5.74. The monoisotopic (exact) mass is 173 g/mol. The van der Waals surface area contributed by atoms with Crippen molar-refractivity contribution in [3.05, 3.63) is 0 Å². The highest BCUT2D eigenvalue weighted by molar-refractivity contribution is 5.65. The Morgan fingerprint density at radius 1 is 1.50 bits per heavy atom. The van der Waals surface area contributed by atoms with E-state index in [1.807, 2.05) is 0 Å². The summed E-state index contributed by atoms with van der Waals surface area (Å²) >= 11 is 0. The average Bonchev–Trinajstić information content (AvgIpc) is 2.06. The van der Waals surface area contributed by atoms with Crippen LogP contribution in [0.15, 0.2) is 0 Å². The summed E-state index contributed by atoms with van der Waals surface area (Å²) in [6.07, 6.45) is 0.202. The minimum Gasteiger partial charge on any atom is -0.465 e. The first-order valence-corrected chi connectivity index (χ1v) is 3.81. The van der Waals surface area contributed by atoms with Crippen molar-refractivity contribution in [2.45, 2.75) is 18.9 Å². The molecule has 0 aliphatic carbocycles. The molecule has 1 N–H and O–H groups in total. The van der Waals surface area contributed by atoms with Gasteiger partial charge in [0, 0.05) is 25.9 Å². The molecule has 0 aromatic heterocycles. The van der Waals surface area contributed by atoms with Gasteiger partial charge < -0.3 is 14.7 Å². The number of hydrogen-bond acceptors (Lipinski definition) is 3. The Balaban J connectivity index is 2.29. The van der Waals surface area contributed by atoms with Gasteiger partial charge in [0.05, 0.1) is 0 Å². The van der Waals surface area contributed by atoms with Crippen molar-refractivity contribution in [1.82, 2.24) is 4.90 Å². The Labute approximate surface area is 69.9 Å². The lowest BCUT2D eigenvalue weighted by Crippen LogP contribution is -2.39. The van der Waals surface area contributed by atoms with Gasteiger partial charge in [-0.05, 0) is 0 Å². The molecule has 0 aromatic carbocycles. The number of ether oxygens (including phenoxy) is 1. The van der Waals surface area contributed by atoms with E-state index in [-0.39, 0.29) is 6.10 Å². The largest absolute Gasteiger partial charge is 0.465 e. The van der Waals surface area contributed by atoms with Crippen LogP contribution in [-0.2, 0) is 9.53 Å². The number of amides is 1. The van der Waals surface area contributed by atoms with Crippen LogP contribution in [0.25, 0.3) is 0 Å². The van der Waals surface area contributed by atoms with Crippen LogP contribution >= 0.6 is 0 Å². The lowest BCUT2D eigenvalue weighted by molar-refractivity contribution is -0.135. The van der Waals surface area contributed by atoms with E-state index in [4.69, 9.17) is 9.84 Å². The van der Waals surface area contributed by atoms with Crippen LogP contribution in [0.2, 0.25) is 0 Å². The first kappa shape index (κ1) is 8.83. The summed E-state index contributed by atoms with van der Waals surface area (Å²) in [5.74, 6) is 0. The predicted octanol–water partition coefficient (Wildman–Crippen LogP) is 0.302. The van der Waals surface area contributed by atoms with E-state index in [1.165, 1.54) is 4.90 Å². The van der Waals surface area contributed by atoms with Crippen LogP contribution in [0.5, 0.6) is 0 Å². The van der Waals surface area contributed by atoms with Gasteiger partial charge in [0.1, 0.15) is 6.10 Å². The van der Waals surface area contributed by atoms with E-state index >= 15 is 0 Å². The second-order valence-electron chi connectivity index (χ2n) is 2.70. The fourth-order valence-electron chi connectivity index (χ4n) is 1.26. The van der Waals surface area contributed by atoms with Crippen molar-refractivity contribution < 1.29 is 19.4 Å². The zero-order valence-corrected chi connectivity index (χ0v) is 6.60. The molecule has 0 spiro atoms. The summed E-state index contributed by atoms with van der Waals surface area (Å²) in [6, 6.07) is 0. The second-order valence-corrected chi connectivity index (χ2v) is 2.70. The van der Waals surface area contributed by atoms with Gasteiger partial charge in [-0.15, -0.1) is 0 Å². The van der Waals surface area contributed by atoms with E-state index in [0.29, 0.717) is 32.4 Å².